The molecule has 0 aliphatic rings. The van der Waals surface area contributed by atoms with Gasteiger partial charge in [0.2, 0.25) is 5.91 Å². The third-order valence-corrected chi connectivity index (χ3v) is 3.16. The van der Waals surface area contributed by atoms with Crippen LogP contribution in [0, 0.1) is 11.6 Å². The van der Waals surface area contributed by atoms with E-state index in [1.165, 1.54) is 0 Å². The number of halogens is 3. The van der Waals surface area contributed by atoms with E-state index in [2.05, 4.69) is 21.2 Å². The Morgan fingerprint density at radius 3 is 2.45 bits per heavy atom. The quantitative estimate of drug-likeness (QED) is 0.840. The average molecular weight is 341 g/mol. The summed E-state index contributed by atoms with van der Waals surface area (Å²) in [4.78, 5) is 11.8. The molecule has 0 heterocycles. The van der Waals surface area contributed by atoms with Gasteiger partial charge in [0.25, 0.3) is 0 Å². The number of nitrogens with one attached hydrogen (secondary N) is 1. The van der Waals surface area contributed by atoms with Crippen LogP contribution in [0.15, 0.2) is 40.9 Å². The van der Waals surface area contributed by atoms with Crippen LogP contribution in [0.4, 0.5) is 20.2 Å². The number of anilines is 2. The highest BCUT2D eigenvalue weighted by atomic mass is 79.9. The summed E-state index contributed by atoms with van der Waals surface area (Å²) in [7, 11) is 0. The minimum absolute atomic E-state index is 0.0730. The Hall–Kier alpha value is -1.95. The van der Waals surface area contributed by atoms with E-state index in [1.807, 2.05) is 0 Å². The SMILES string of the molecule is Nc1cc(F)cc(F)c1NC(=O)Cc1ccc(Br)cc1. The van der Waals surface area contributed by atoms with Crippen LogP contribution >= 0.6 is 15.9 Å². The predicted octanol–water partition coefficient (Wildman–Crippen LogP) is 3.49. The Bertz CT molecular complexity index is 621. The normalized spacial score (nSPS) is 10.3. The fourth-order valence-corrected chi connectivity index (χ4v) is 1.96. The second-order valence-corrected chi connectivity index (χ2v) is 5.12. The van der Waals surface area contributed by atoms with Crippen molar-refractivity contribution < 1.29 is 13.6 Å². The van der Waals surface area contributed by atoms with E-state index in [-0.39, 0.29) is 17.8 Å². The lowest BCUT2D eigenvalue weighted by Gasteiger charge is -2.09. The van der Waals surface area contributed by atoms with Crippen LogP contribution in [0.2, 0.25) is 0 Å². The van der Waals surface area contributed by atoms with Crippen molar-refractivity contribution in [2.75, 3.05) is 11.1 Å². The number of carbonyl (C=O) groups excluding carboxylic acids is 1. The lowest BCUT2D eigenvalue weighted by molar-refractivity contribution is -0.115. The van der Waals surface area contributed by atoms with Crippen molar-refractivity contribution in [1.29, 1.82) is 0 Å². The van der Waals surface area contributed by atoms with Crippen LogP contribution in [0.1, 0.15) is 5.56 Å². The van der Waals surface area contributed by atoms with E-state index in [0.29, 0.717) is 6.07 Å². The van der Waals surface area contributed by atoms with Crippen molar-refractivity contribution in [3.05, 3.63) is 58.1 Å². The molecular weight excluding hydrogens is 330 g/mol. The first-order valence-corrected chi connectivity index (χ1v) is 6.54. The van der Waals surface area contributed by atoms with E-state index >= 15 is 0 Å². The predicted molar refractivity (Wildman–Crippen MR) is 77.2 cm³/mol. The summed E-state index contributed by atoms with van der Waals surface area (Å²) in [5, 5.41) is 2.35. The Balaban J connectivity index is 2.10. The number of carbonyl (C=O) groups is 1. The molecule has 3 nitrogen and oxygen atoms in total. The van der Waals surface area contributed by atoms with E-state index in [0.717, 1.165) is 16.1 Å². The topological polar surface area (TPSA) is 55.1 Å². The summed E-state index contributed by atoms with van der Waals surface area (Å²) >= 11 is 3.29. The minimum Gasteiger partial charge on any atom is -0.397 e. The zero-order valence-electron chi connectivity index (χ0n) is 10.3. The van der Waals surface area contributed by atoms with Gasteiger partial charge < -0.3 is 11.1 Å². The van der Waals surface area contributed by atoms with Gasteiger partial charge in [-0.3, -0.25) is 4.79 Å². The molecule has 6 heteroatoms. The van der Waals surface area contributed by atoms with Crippen LogP contribution < -0.4 is 11.1 Å². The third kappa shape index (κ3) is 3.54. The van der Waals surface area contributed by atoms with Crippen LogP contribution in [0.25, 0.3) is 0 Å². The Morgan fingerprint density at radius 2 is 1.85 bits per heavy atom. The minimum atomic E-state index is -0.897. The van der Waals surface area contributed by atoms with Crippen LogP contribution in [-0.2, 0) is 11.2 Å². The van der Waals surface area contributed by atoms with Crippen LogP contribution in [-0.4, -0.2) is 5.91 Å². The maximum absolute atomic E-state index is 13.5. The fraction of sp³-hybridized carbons (Fsp3) is 0.0714. The van der Waals surface area contributed by atoms with Gasteiger partial charge in [0.1, 0.15) is 11.5 Å². The maximum atomic E-state index is 13.5. The van der Waals surface area contributed by atoms with Crippen molar-refractivity contribution in [3.63, 3.8) is 0 Å². The number of amides is 1. The van der Waals surface area contributed by atoms with Gasteiger partial charge in [0.15, 0.2) is 5.82 Å². The lowest BCUT2D eigenvalue weighted by atomic mass is 10.1. The molecule has 0 saturated carbocycles. The zero-order chi connectivity index (χ0) is 14.7. The van der Waals surface area contributed by atoms with Gasteiger partial charge in [-0.1, -0.05) is 28.1 Å². The monoisotopic (exact) mass is 340 g/mol. The van der Waals surface area contributed by atoms with E-state index in [4.69, 9.17) is 5.73 Å². The molecule has 0 bridgehead atoms. The average Bonchev–Trinajstić information content (AvgIpc) is 2.36. The summed E-state index contributed by atoms with van der Waals surface area (Å²) < 4.78 is 27.3. The molecular formula is C14H11BrF2N2O. The molecule has 0 aliphatic heterocycles. The van der Waals surface area contributed by atoms with Crippen molar-refractivity contribution >= 4 is 33.2 Å². The molecule has 0 aromatic heterocycles. The van der Waals surface area contributed by atoms with Crippen molar-refractivity contribution in [2.24, 2.45) is 0 Å². The van der Waals surface area contributed by atoms with Crippen LogP contribution in [0.3, 0.4) is 0 Å². The molecule has 0 atom stereocenters. The highest BCUT2D eigenvalue weighted by Crippen LogP contribution is 2.24. The number of nitrogen functional groups attached to an aromatic ring is 1. The van der Waals surface area contributed by atoms with E-state index < -0.39 is 17.5 Å². The maximum Gasteiger partial charge on any atom is 0.228 e. The molecule has 0 spiro atoms. The summed E-state index contributed by atoms with van der Waals surface area (Å²) in [6.45, 7) is 0. The first-order chi connectivity index (χ1) is 9.45. The Labute approximate surface area is 122 Å². The Kier molecular flexibility index (Phi) is 4.34. The number of hydrogen-bond acceptors (Lipinski definition) is 2. The number of hydrogen-bond donors (Lipinski definition) is 2. The molecule has 0 aliphatic carbocycles. The molecule has 104 valence electrons. The van der Waals surface area contributed by atoms with Crippen molar-refractivity contribution in [3.8, 4) is 0 Å². The number of nitrogens with two attached hydrogens (primary N) is 1. The fourth-order valence-electron chi connectivity index (χ4n) is 1.70. The van der Waals surface area contributed by atoms with Crippen molar-refractivity contribution in [2.45, 2.75) is 6.42 Å². The van der Waals surface area contributed by atoms with E-state index in [1.54, 1.807) is 24.3 Å². The highest BCUT2D eigenvalue weighted by Gasteiger charge is 2.12. The standard InChI is InChI=1S/C14H11BrF2N2O/c15-9-3-1-8(2-4-9)5-13(20)19-14-11(17)6-10(16)7-12(14)18/h1-4,6-7H,5,18H2,(H,19,20). The molecule has 2 aromatic carbocycles. The summed E-state index contributed by atoms with van der Waals surface area (Å²) in [6, 6.07) is 8.77. The van der Waals surface area contributed by atoms with Gasteiger partial charge in [-0.2, -0.15) is 0 Å². The smallest absolute Gasteiger partial charge is 0.228 e. The van der Waals surface area contributed by atoms with Gasteiger partial charge in [-0.25, -0.2) is 8.78 Å². The van der Waals surface area contributed by atoms with Gasteiger partial charge in [0.05, 0.1) is 12.1 Å². The zero-order valence-corrected chi connectivity index (χ0v) is 11.9. The highest BCUT2D eigenvalue weighted by molar-refractivity contribution is 9.10. The van der Waals surface area contributed by atoms with Crippen molar-refractivity contribution in [1.82, 2.24) is 0 Å². The molecule has 1 amide bonds. The molecule has 2 rings (SSSR count). The molecule has 0 fully saturated rings. The van der Waals surface area contributed by atoms with E-state index in [9.17, 15) is 13.6 Å². The second kappa shape index (κ2) is 6.00. The summed E-state index contributed by atoms with van der Waals surface area (Å²) in [6.07, 6.45) is 0.0730. The Morgan fingerprint density at radius 1 is 1.20 bits per heavy atom. The molecule has 0 radical (unpaired) electrons. The first-order valence-electron chi connectivity index (χ1n) is 5.74. The van der Waals surface area contributed by atoms with Gasteiger partial charge in [-0.05, 0) is 23.8 Å². The molecule has 20 heavy (non-hydrogen) atoms. The molecule has 0 unspecified atom stereocenters. The molecule has 0 saturated heterocycles. The number of benzene rings is 2. The second-order valence-electron chi connectivity index (χ2n) is 4.20. The lowest BCUT2D eigenvalue weighted by Crippen LogP contribution is -2.16. The van der Waals surface area contributed by atoms with Crippen LogP contribution in [0.5, 0.6) is 0 Å². The van der Waals surface area contributed by atoms with Gasteiger partial charge in [0, 0.05) is 10.5 Å². The third-order valence-electron chi connectivity index (χ3n) is 2.63. The summed E-state index contributed by atoms with van der Waals surface area (Å²) in [5.41, 5.74) is 5.91. The summed E-state index contributed by atoms with van der Waals surface area (Å²) in [5.74, 6) is -2.11. The molecule has 2 aromatic rings. The first kappa shape index (κ1) is 14.5. The largest absolute Gasteiger partial charge is 0.397 e. The van der Waals surface area contributed by atoms with Gasteiger partial charge in [-0.15, -0.1) is 0 Å². The molecule has 3 N–H and O–H groups in total. The van der Waals surface area contributed by atoms with Gasteiger partial charge >= 0.3 is 0 Å². The number of rotatable bonds is 3.